The van der Waals surface area contributed by atoms with Crippen molar-refractivity contribution in [1.82, 2.24) is 15.3 Å². The molecule has 0 unspecified atom stereocenters. The van der Waals surface area contributed by atoms with Gasteiger partial charge in [0.2, 0.25) is 5.56 Å². The molecule has 0 saturated heterocycles. The second kappa shape index (κ2) is 4.71. The van der Waals surface area contributed by atoms with Crippen LogP contribution in [-0.4, -0.2) is 9.97 Å². The molecule has 1 aliphatic rings. The molecule has 1 aliphatic heterocycles. The molecule has 0 saturated carbocycles. The largest absolute Gasteiger partial charge is 0.355 e. The molecule has 0 atom stereocenters. The standard InChI is InChI=1S/C16H14N4O/c21-15-4-3-13-14(5-6-18-16(13)20-15)19-12-2-1-10-8-17-9-11(10)7-12/h1-7,17H,8-9H2,(H2,18,19,20,21). The van der Waals surface area contributed by atoms with Crippen LogP contribution in [0.2, 0.25) is 0 Å². The van der Waals surface area contributed by atoms with Gasteiger partial charge in [-0.1, -0.05) is 6.07 Å². The third-order valence-corrected chi connectivity index (χ3v) is 3.75. The predicted octanol–water partition coefficient (Wildman–Crippen LogP) is 2.27. The number of benzene rings is 1. The molecule has 21 heavy (non-hydrogen) atoms. The molecular weight excluding hydrogens is 264 g/mol. The summed E-state index contributed by atoms with van der Waals surface area (Å²) >= 11 is 0. The maximum absolute atomic E-state index is 11.4. The van der Waals surface area contributed by atoms with E-state index in [1.165, 1.54) is 17.2 Å². The van der Waals surface area contributed by atoms with Gasteiger partial charge in [-0.15, -0.1) is 0 Å². The minimum absolute atomic E-state index is 0.143. The smallest absolute Gasteiger partial charge is 0.249 e. The van der Waals surface area contributed by atoms with E-state index < -0.39 is 0 Å². The van der Waals surface area contributed by atoms with Crippen molar-refractivity contribution in [3.63, 3.8) is 0 Å². The molecule has 0 spiro atoms. The van der Waals surface area contributed by atoms with Crippen LogP contribution in [0.4, 0.5) is 11.4 Å². The van der Waals surface area contributed by atoms with Gasteiger partial charge in [0, 0.05) is 36.4 Å². The second-order valence-corrected chi connectivity index (χ2v) is 5.16. The molecule has 5 heteroatoms. The molecule has 0 aliphatic carbocycles. The van der Waals surface area contributed by atoms with E-state index in [0.29, 0.717) is 5.65 Å². The van der Waals surface area contributed by atoms with Gasteiger partial charge in [-0.05, 0) is 35.4 Å². The third-order valence-electron chi connectivity index (χ3n) is 3.75. The van der Waals surface area contributed by atoms with E-state index in [-0.39, 0.29) is 5.56 Å². The van der Waals surface area contributed by atoms with Gasteiger partial charge in [-0.3, -0.25) is 4.79 Å². The maximum Gasteiger partial charge on any atom is 0.249 e. The van der Waals surface area contributed by atoms with E-state index in [0.717, 1.165) is 29.9 Å². The van der Waals surface area contributed by atoms with Gasteiger partial charge in [0.05, 0.1) is 5.69 Å². The number of anilines is 2. The zero-order valence-corrected chi connectivity index (χ0v) is 11.3. The van der Waals surface area contributed by atoms with Gasteiger partial charge in [0.1, 0.15) is 5.65 Å². The number of pyridine rings is 2. The Balaban J connectivity index is 1.76. The SMILES string of the molecule is O=c1ccc2c(Nc3ccc4c(c3)CNC4)ccnc2[nH]1. The summed E-state index contributed by atoms with van der Waals surface area (Å²) in [5.41, 5.74) is 5.10. The van der Waals surface area contributed by atoms with Crippen LogP contribution in [-0.2, 0) is 13.1 Å². The summed E-state index contributed by atoms with van der Waals surface area (Å²) in [5.74, 6) is 0. The number of nitrogens with zero attached hydrogens (tertiary/aromatic N) is 1. The Hall–Kier alpha value is -2.66. The first kappa shape index (κ1) is 12.1. The van der Waals surface area contributed by atoms with E-state index in [1.54, 1.807) is 12.3 Å². The third kappa shape index (κ3) is 2.17. The van der Waals surface area contributed by atoms with Crippen LogP contribution in [0.3, 0.4) is 0 Å². The van der Waals surface area contributed by atoms with Gasteiger partial charge in [0.25, 0.3) is 0 Å². The molecule has 0 bridgehead atoms. The first-order valence-corrected chi connectivity index (χ1v) is 6.87. The van der Waals surface area contributed by atoms with Crippen LogP contribution < -0.4 is 16.2 Å². The molecule has 2 aromatic heterocycles. The normalized spacial score (nSPS) is 13.3. The Morgan fingerprint density at radius 1 is 1.05 bits per heavy atom. The quantitative estimate of drug-likeness (QED) is 0.672. The highest BCUT2D eigenvalue weighted by atomic mass is 16.1. The highest BCUT2D eigenvalue weighted by molar-refractivity contribution is 5.90. The summed E-state index contributed by atoms with van der Waals surface area (Å²) in [4.78, 5) is 18.3. The van der Waals surface area contributed by atoms with E-state index in [4.69, 9.17) is 0 Å². The van der Waals surface area contributed by atoms with Gasteiger partial charge < -0.3 is 15.6 Å². The van der Waals surface area contributed by atoms with Crippen molar-refractivity contribution in [2.24, 2.45) is 0 Å². The fraction of sp³-hybridized carbons (Fsp3) is 0.125. The van der Waals surface area contributed by atoms with Crippen LogP contribution in [0.5, 0.6) is 0 Å². The van der Waals surface area contributed by atoms with Gasteiger partial charge >= 0.3 is 0 Å². The lowest BCUT2D eigenvalue weighted by atomic mass is 10.1. The average molecular weight is 278 g/mol. The topological polar surface area (TPSA) is 69.8 Å². The molecule has 0 fully saturated rings. The van der Waals surface area contributed by atoms with Crippen molar-refractivity contribution in [1.29, 1.82) is 0 Å². The van der Waals surface area contributed by atoms with E-state index >= 15 is 0 Å². The molecule has 0 radical (unpaired) electrons. The summed E-state index contributed by atoms with van der Waals surface area (Å²) in [5, 5.41) is 7.64. The van der Waals surface area contributed by atoms with E-state index in [2.05, 4.69) is 38.8 Å². The van der Waals surface area contributed by atoms with Crippen molar-refractivity contribution in [2.75, 3.05) is 5.32 Å². The molecule has 0 amide bonds. The minimum atomic E-state index is -0.143. The number of H-pyrrole nitrogens is 1. The van der Waals surface area contributed by atoms with Gasteiger partial charge in [-0.2, -0.15) is 0 Å². The van der Waals surface area contributed by atoms with E-state index in [9.17, 15) is 4.79 Å². The van der Waals surface area contributed by atoms with Gasteiger partial charge in [-0.25, -0.2) is 4.98 Å². The zero-order chi connectivity index (χ0) is 14.2. The maximum atomic E-state index is 11.4. The number of rotatable bonds is 2. The van der Waals surface area contributed by atoms with Crippen molar-refractivity contribution in [2.45, 2.75) is 13.1 Å². The van der Waals surface area contributed by atoms with Crippen LogP contribution in [0.15, 0.2) is 47.4 Å². The van der Waals surface area contributed by atoms with Gasteiger partial charge in [0.15, 0.2) is 0 Å². The van der Waals surface area contributed by atoms with E-state index in [1.807, 2.05) is 6.07 Å². The van der Waals surface area contributed by atoms with Crippen molar-refractivity contribution in [3.05, 3.63) is 64.1 Å². The predicted molar refractivity (Wildman–Crippen MR) is 82.6 cm³/mol. The monoisotopic (exact) mass is 278 g/mol. The Labute approximate surface area is 121 Å². The molecule has 1 aromatic carbocycles. The molecule has 3 N–H and O–H groups in total. The zero-order valence-electron chi connectivity index (χ0n) is 11.3. The number of aromatic amines is 1. The summed E-state index contributed by atoms with van der Waals surface area (Å²) < 4.78 is 0. The molecule has 5 nitrogen and oxygen atoms in total. The summed E-state index contributed by atoms with van der Waals surface area (Å²) in [6.07, 6.45) is 1.69. The first-order chi connectivity index (χ1) is 10.3. The summed E-state index contributed by atoms with van der Waals surface area (Å²) in [6.45, 7) is 1.85. The van der Waals surface area contributed by atoms with Crippen molar-refractivity contribution < 1.29 is 0 Å². The summed E-state index contributed by atoms with van der Waals surface area (Å²) in [7, 11) is 0. The first-order valence-electron chi connectivity index (χ1n) is 6.87. The lowest BCUT2D eigenvalue weighted by Gasteiger charge is -2.10. The number of nitrogens with one attached hydrogen (secondary N) is 3. The second-order valence-electron chi connectivity index (χ2n) is 5.16. The molecule has 4 rings (SSSR count). The average Bonchev–Trinajstić information content (AvgIpc) is 2.95. The van der Waals surface area contributed by atoms with Crippen molar-refractivity contribution >= 4 is 22.4 Å². The van der Waals surface area contributed by atoms with Crippen LogP contribution in [0, 0.1) is 0 Å². The Kier molecular flexibility index (Phi) is 2.72. The van der Waals surface area contributed by atoms with Crippen molar-refractivity contribution in [3.8, 4) is 0 Å². The molecule has 3 aromatic rings. The Bertz CT molecular complexity index is 885. The highest BCUT2D eigenvalue weighted by Crippen LogP contribution is 2.26. The molecule has 104 valence electrons. The number of hydrogen-bond acceptors (Lipinski definition) is 4. The lowest BCUT2D eigenvalue weighted by Crippen LogP contribution is -2.04. The fourth-order valence-corrected chi connectivity index (χ4v) is 2.70. The summed E-state index contributed by atoms with van der Waals surface area (Å²) in [6, 6.07) is 11.6. The number of aromatic nitrogens is 2. The van der Waals surface area contributed by atoms with Crippen LogP contribution in [0.25, 0.3) is 11.0 Å². The number of hydrogen-bond donors (Lipinski definition) is 3. The fourth-order valence-electron chi connectivity index (χ4n) is 2.70. The number of fused-ring (bicyclic) bond motifs is 2. The minimum Gasteiger partial charge on any atom is -0.355 e. The van der Waals surface area contributed by atoms with Crippen LogP contribution in [0.1, 0.15) is 11.1 Å². The lowest BCUT2D eigenvalue weighted by molar-refractivity contribution is 0.765. The Morgan fingerprint density at radius 3 is 2.90 bits per heavy atom. The molecule has 3 heterocycles. The molecular formula is C16H14N4O. The Morgan fingerprint density at radius 2 is 1.95 bits per heavy atom. The highest BCUT2D eigenvalue weighted by Gasteiger charge is 2.10. The van der Waals surface area contributed by atoms with Crippen LogP contribution >= 0.6 is 0 Å².